The molecule has 36 heavy (non-hydrogen) atoms. The Balaban J connectivity index is 1.53. The van der Waals surface area contributed by atoms with E-state index in [-0.39, 0.29) is 0 Å². The first kappa shape index (κ1) is 23.5. The summed E-state index contributed by atoms with van der Waals surface area (Å²) in [6.45, 7) is 3.91. The Labute approximate surface area is 218 Å². The van der Waals surface area contributed by atoms with Crippen molar-refractivity contribution >= 4 is 0 Å². The van der Waals surface area contributed by atoms with Gasteiger partial charge in [-0.3, -0.25) is 0 Å². The number of allylic oxidation sites excluding steroid dienone is 9. The maximum atomic E-state index is 3.91. The highest BCUT2D eigenvalue weighted by atomic mass is 14.6. The van der Waals surface area contributed by atoms with Gasteiger partial charge in [0.05, 0.1) is 0 Å². The highest BCUT2D eigenvalue weighted by Gasteiger charge is 2.62. The van der Waals surface area contributed by atoms with Crippen LogP contribution in [0.1, 0.15) is 30.4 Å². The van der Waals surface area contributed by atoms with Gasteiger partial charge >= 0.3 is 0 Å². The van der Waals surface area contributed by atoms with Crippen LogP contribution >= 0.6 is 0 Å². The molecular formula is C36H30. The van der Waals surface area contributed by atoms with E-state index in [1.165, 1.54) is 52.6 Å². The molecule has 0 saturated heterocycles. The molecular weight excluding hydrogens is 432 g/mol. The van der Waals surface area contributed by atoms with E-state index in [9.17, 15) is 0 Å². The van der Waals surface area contributed by atoms with Crippen LogP contribution in [0.3, 0.4) is 0 Å². The van der Waals surface area contributed by atoms with E-state index < -0.39 is 5.41 Å². The quantitative estimate of drug-likeness (QED) is 0.274. The summed E-state index contributed by atoms with van der Waals surface area (Å²) in [5.41, 5.74) is 2.14. The van der Waals surface area contributed by atoms with E-state index in [0.717, 1.165) is 19.3 Å². The van der Waals surface area contributed by atoms with Crippen LogP contribution in [0.4, 0.5) is 0 Å². The molecule has 2 aromatic rings. The summed E-state index contributed by atoms with van der Waals surface area (Å²) in [6.07, 6.45) is 30.2. The molecule has 0 amide bonds. The molecule has 174 valence electrons. The molecule has 0 spiro atoms. The third kappa shape index (κ3) is 3.90. The fraction of sp³-hybridized carbons (Fsp3) is 0.111. The molecule has 6 rings (SSSR count). The van der Waals surface area contributed by atoms with Crippen LogP contribution in [-0.2, 0) is 5.41 Å². The summed E-state index contributed by atoms with van der Waals surface area (Å²) in [5.74, 6) is 9.36. The Morgan fingerprint density at radius 3 is 1.69 bits per heavy atom. The standard InChI is InChI=1S/C36H30/c1-2-3-6-15-27-24-25-30(26-27)36(28-16-7-4-8-17-28,29-18-9-5-10-19-29)35-33-22-13-11-20-31(33)32-21-12-14-23-34(32)35/h2,4-5,7-14,16-26H,1,3,6,15H2. The first-order chi connectivity index (χ1) is 17.8. The van der Waals surface area contributed by atoms with Crippen molar-refractivity contribution in [3.8, 4) is 0 Å². The smallest absolute Gasteiger partial charge is 0.0351 e. The van der Waals surface area contributed by atoms with Gasteiger partial charge in [-0.15, -0.1) is 6.58 Å². The Kier molecular flexibility index (Phi) is 6.70. The molecule has 0 N–H and O–H groups in total. The highest BCUT2D eigenvalue weighted by molar-refractivity contribution is 5.83. The van der Waals surface area contributed by atoms with Crippen LogP contribution in [0.15, 0.2) is 122 Å². The van der Waals surface area contributed by atoms with E-state index >= 15 is 0 Å². The van der Waals surface area contributed by atoms with E-state index in [2.05, 4.69) is 135 Å². The van der Waals surface area contributed by atoms with Gasteiger partial charge in [-0.05, 0) is 61.5 Å². The normalized spacial score (nSPS) is 21.9. The van der Waals surface area contributed by atoms with Crippen molar-refractivity contribution in [2.75, 3.05) is 0 Å². The van der Waals surface area contributed by atoms with Crippen molar-refractivity contribution in [2.45, 2.75) is 24.7 Å². The SMILES string of the molecule is C=CCCC[C]1[CH][CH][C](C([C]2[C]3C=CC=C[C]3[C]3C=CC=C[C]32)(c2ccccc2)c2ccccc2)[CH]1. The zero-order valence-electron chi connectivity index (χ0n) is 20.5. The summed E-state index contributed by atoms with van der Waals surface area (Å²) < 4.78 is 0. The molecule has 0 aromatic heterocycles. The molecule has 10 radical (unpaired) electrons. The maximum absolute atomic E-state index is 3.91. The molecule has 0 heteroatoms. The number of rotatable bonds is 8. The molecule has 2 aromatic carbocycles. The van der Waals surface area contributed by atoms with E-state index in [1.54, 1.807) is 0 Å². The van der Waals surface area contributed by atoms with Crippen LogP contribution in [0.25, 0.3) is 0 Å². The van der Waals surface area contributed by atoms with Gasteiger partial charge in [-0.1, -0.05) is 115 Å². The average Bonchev–Trinajstić information content (AvgIpc) is 3.55. The Bertz CT molecular complexity index is 1070. The summed E-state index contributed by atoms with van der Waals surface area (Å²) in [5, 5.41) is 0. The molecule has 0 bridgehead atoms. The van der Waals surface area contributed by atoms with E-state index in [1.807, 2.05) is 6.08 Å². The molecule has 4 aliphatic carbocycles. The van der Waals surface area contributed by atoms with Crippen molar-refractivity contribution in [2.24, 2.45) is 0 Å². The van der Waals surface area contributed by atoms with Gasteiger partial charge in [-0.25, -0.2) is 0 Å². The van der Waals surface area contributed by atoms with Gasteiger partial charge in [0.2, 0.25) is 0 Å². The number of hydrogen-bond donors (Lipinski definition) is 0. The zero-order valence-corrected chi connectivity index (χ0v) is 20.5. The van der Waals surface area contributed by atoms with Gasteiger partial charge in [0.15, 0.2) is 0 Å². The van der Waals surface area contributed by atoms with E-state index in [0.29, 0.717) is 0 Å². The summed E-state index contributed by atoms with van der Waals surface area (Å²) in [7, 11) is 0. The predicted molar refractivity (Wildman–Crippen MR) is 150 cm³/mol. The fourth-order valence-corrected chi connectivity index (χ4v) is 6.06. The average molecular weight is 463 g/mol. The lowest BCUT2D eigenvalue weighted by atomic mass is 9.53. The first-order valence-corrected chi connectivity index (χ1v) is 12.9. The summed E-state index contributed by atoms with van der Waals surface area (Å²) in [4.78, 5) is 0. The molecule has 0 aliphatic heterocycles. The fourth-order valence-electron chi connectivity index (χ4n) is 6.06. The second-order valence-electron chi connectivity index (χ2n) is 9.64. The van der Waals surface area contributed by atoms with Crippen LogP contribution in [0.2, 0.25) is 0 Å². The minimum Gasteiger partial charge on any atom is -0.103 e. The summed E-state index contributed by atoms with van der Waals surface area (Å²) in [6, 6.07) is 22.1. The van der Waals surface area contributed by atoms with Gasteiger partial charge in [0, 0.05) is 35.0 Å². The summed E-state index contributed by atoms with van der Waals surface area (Å²) >= 11 is 0. The Morgan fingerprint density at radius 1 is 0.639 bits per heavy atom. The van der Waals surface area contributed by atoms with Crippen LogP contribution in [0, 0.1) is 60.7 Å². The largest absolute Gasteiger partial charge is 0.103 e. The third-order valence-electron chi connectivity index (χ3n) is 7.60. The lowest BCUT2D eigenvalue weighted by Gasteiger charge is -2.48. The van der Waals surface area contributed by atoms with Crippen molar-refractivity contribution < 1.29 is 0 Å². The molecule has 0 unspecified atom stereocenters. The van der Waals surface area contributed by atoms with Crippen molar-refractivity contribution in [1.29, 1.82) is 0 Å². The number of hydrogen-bond acceptors (Lipinski definition) is 0. The number of unbranched alkanes of at least 4 members (excludes halogenated alkanes) is 1. The lowest BCUT2D eigenvalue weighted by Crippen LogP contribution is -2.44. The molecule has 4 aliphatic rings. The lowest BCUT2D eigenvalue weighted by molar-refractivity contribution is 0.582. The van der Waals surface area contributed by atoms with Crippen molar-refractivity contribution in [1.82, 2.24) is 0 Å². The van der Waals surface area contributed by atoms with Gasteiger partial charge in [0.1, 0.15) is 0 Å². The Hall–Kier alpha value is -2.86. The van der Waals surface area contributed by atoms with Crippen molar-refractivity contribution in [3.05, 3.63) is 194 Å². The first-order valence-electron chi connectivity index (χ1n) is 12.9. The van der Waals surface area contributed by atoms with Crippen LogP contribution < -0.4 is 0 Å². The second kappa shape index (κ2) is 10.3. The Morgan fingerprint density at radius 2 is 1.17 bits per heavy atom. The second-order valence-corrected chi connectivity index (χ2v) is 9.64. The molecule has 0 heterocycles. The predicted octanol–water partition coefficient (Wildman–Crippen LogP) is 8.24. The van der Waals surface area contributed by atoms with E-state index in [4.69, 9.17) is 0 Å². The molecule has 0 nitrogen and oxygen atoms in total. The number of fused-ring (bicyclic) bond motifs is 3. The van der Waals surface area contributed by atoms with Gasteiger partial charge in [-0.2, -0.15) is 0 Å². The topological polar surface area (TPSA) is 0 Å². The van der Waals surface area contributed by atoms with Crippen molar-refractivity contribution in [3.63, 3.8) is 0 Å². The highest BCUT2D eigenvalue weighted by Crippen LogP contribution is 2.68. The van der Waals surface area contributed by atoms with Crippen LogP contribution in [-0.4, -0.2) is 0 Å². The molecule has 2 fully saturated rings. The monoisotopic (exact) mass is 462 g/mol. The molecule has 2 saturated carbocycles. The molecule has 0 atom stereocenters. The number of benzene rings is 2. The van der Waals surface area contributed by atoms with Gasteiger partial charge < -0.3 is 0 Å². The maximum Gasteiger partial charge on any atom is 0.0351 e. The zero-order chi connectivity index (χ0) is 24.4. The third-order valence-corrected chi connectivity index (χ3v) is 7.60. The minimum absolute atomic E-state index is 0.443. The minimum atomic E-state index is -0.443. The van der Waals surface area contributed by atoms with Gasteiger partial charge in [0.25, 0.3) is 0 Å². The van der Waals surface area contributed by atoms with Crippen LogP contribution in [0.5, 0.6) is 0 Å².